The summed E-state index contributed by atoms with van der Waals surface area (Å²) in [5.41, 5.74) is -0.705. The van der Waals surface area contributed by atoms with E-state index >= 15 is 0 Å². The Kier molecular flexibility index (Phi) is 8.33. The molecule has 2 aromatic carbocycles. The number of aromatic hydroxyl groups is 1. The molecule has 2 aliphatic rings. The number of hydrogen-bond acceptors (Lipinski definition) is 14. The molecule has 10 atom stereocenters. The summed E-state index contributed by atoms with van der Waals surface area (Å²) >= 11 is 0. The Bertz CT molecular complexity index is 1470. The van der Waals surface area contributed by atoms with Crippen molar-refractivity contribution in [1.29, 1.82) is 0 Å². The molecule has 0 radical (unpaired) electrons. The fourth-order valence-corrected chi connectivity index (χ4v) is 4.84. The summed E-state index contributed by atoms with van der Waals surface area (Å²) in [6.45, 7) is 2.92. The van der Waals surface area contributed by atoms with Crippen molar-refractivity contribution in [3.05, 3.63) is 46.6 Å². The maximum absolute atomic E-state index is 13.8. The highest BCUT2D eigenvalue weighted by atomic mass is 16.7. The maximum Gasteiger partial charge on any atom is 0.239 e. The van der Waals surface area contributed by atoms with Gasteiger partial charge in [-0.05, 0) is 38.1 Å². The number of benzene rings is 2. The first-order valence-electron chi connectivity index (χ1n) is 13.1. The van der Waals surface area contributed by atoms with Crippen LogP contribution in [0.25, 0.3) is 22.3 Å². The van der Waals surface area contributed by atoms with Gasteiger partial charge >= 0.3 is 0 Å². The predicted octanol–water partition coefficient (Wildman–Crippen LogP) is -0.413. The van der Waals surface area contributed by atoms with Crippen LogP contribution in [-0.4, -0.2) is 104 Å². The molecule has 2 aliphatic heterocycles. The molecule has 0 bridgehead atoms. The van der Waals surface area contributed by atoms with Gasteiger partial charge in [-0.2, -0.15) is 0 Å². The topological polar surface area (TPSA) is 218 Å². The van der Waals surface area contributed by atoms with E-state index in [0.717, 1.165) is 6.07 Å². The molecular weight excluding hydrogens is 560 g/mol. The highest BCUT2D eigenvalue weighted by molar-refractivity contribution is 5.88. The monoisotopic (exact) mass is 592 g/mol. The number of aliphatic hydroxyl groups excluding tert-OH is 6. The second-order valence-corrected chi connectivity index (χ2v) is 10.2. The lowest BCUT2D eigenvalue weighted by atomic mass is 10.00. The van der Waals surface area contributed by atoms with E-state index in [4.69, 9.17) is 28.1 Å². The molecule has 2 saturated heterocycles. The Morgan fingerprint density at radius 1 is 0.714 bits per heavy atom. The quantitative estimate of drug-likeness (QED) is 0.194. The SMILES string of the molecule is COc1ccc(-c2oc3cc(O[C@@H]4OC(C)[C@H](O)[C@H](O)C4O)cc(O)c3c(=O)c2O[C@@H]2OC(C)[C@H](O)C(O)[C@@H]2O)cc1. The first-order chi connectivity index (χ1) is 19.9. The molecule has 4 unspecified atom stereocenters. The number of methoxy groups -OCH3 is 1. The molecule has 14 heteroatoms. The molecule has 0 aliphatic carbocycles. The molecule has 42 heavy (non-hydrogen) atoms. The standard InChI is InChI=1S/C28H32O14/c1-10-18(30)21(33)23(35)27(38-10)40-14-8-15(29)17-16(9-14)41-25(12-4-6-13(37-3)7-5-12)26(20(17)32)42-28-24(36)22(34)19(31)11(2)39-28/h4-11,18-19,21-24,27-31,33-36H,1-3H3/t10?,11?,18-,19-,21-,22?,23?,24-,27-,28-/m0/s1. The van der Waals surface area contributed by atoms with Crippen LogP contribution in [0.1, 0.15) is 13.8 Å². The number of phenols is 1. The normalized spacial score (nSPS) is 33.4. The first kappa shape index (κ1) is 30.0. The summed E-state index contributed by atoms with van der Waals surface area (Å²) < 4.78 is 33.6. The minimum absolute atomic E-state index is 0.102. The zero-order chi connectivity index (χ0) is 30.5. The van der Waals surface area contributed by atoms with E-state index in [2.05, 4.69) is 0 Å². The smallest absolute Gasteiger partial charge is 0.239 e. The van der Waals surface area contributed by atoms with Crippen molar-refractivity contribution in [3.8, 4) is 34.3 Å². The van der Waals surface area contributed by atoms with Crippen LogP contribution in [0.3, 0.4) is 0 Å². The fourth-order valence-electron chi connectivity index (χ4n) is 4.84. The fraction of sp³-hybridized carbons (Fsp3) is 0.464. The lowest BCUT2D eigenvalue weighted by Crippen LogP contribution is -2.58. The summed E-state index contributed by atoms with van der Waals surface area (Å²) in [4.78, 5) is 13.8. The van der Waals surface area contributed by atoms with Crippen LogP contribution in [0.5, 0.6) is 23.0 Å². The average molecular weight is 593 g/mol. The van der Waals surface area contributed by atoms with Crippen molar-refractivity contribution >= 4 is 11.0 Å². The number of fused-ring (bicyclic) bond motifs is 1. The van der Waals surface area contributed by atoms with Crippen LogP contribution >= 0.6 is 0 Å². The van der Waals surface area contributed by atoms with Gasteiger partial charge in [0.1, 0.15) is 64.8 Å². The van der Waals surface area contributed by atoms with Gasteiger partial charge in [-0.1, -0.05) is 0 Å². The molecule has 0 amide bonds. The Labute approximate surface area is 238 Å². The molecule has 1 aromatic heterocycles. The molecule has 0 saturated carbocycles. The van der Waals surface area contributed by atoms with Gasteiger partial charge in [-0.15, -0.1) is 0 Å². The summed E-state index contributed by atoms with van der Waals surface area (Å²) in [5.74, 6) is -0.808. The third kappa shape index (κ3) is 5.39. The molecule has 7 N–H and O–H groups in total. The van der Waals surface area contributed by atoms with Gasteiger partial charge in [0, 0.05) is 17.7 Å². The van der Waals surface area contributed by atoms with Crippen molar-refractivity contribution in [2.24, 2.45) is 0 Å². The summed E-state index contributed by atoms with van der Waals surface area (Å²) in [5, 5.41) is 71.7. The summed E-state index contributed by atoms with van der Waals surface area (Å²) in [7, 11) is 1.47. The van der Waals surface area contributed by atoms with Gasteiger partial charge in [0.2, 0.25) is 23.8 Å². The molecule has 5 rings (SSSR count). The van der Waals surface area contributed by atoms with Crippen molar-refractivity contribution < 1.29 is 63.8 Å². The number of phenolic OH excluding ortho intramolecular Hbond substituents is 1. The molecular formula is C28H32O14. The summed E-state index contributed by atoms with van der Waals surface area (Å²) in [6.07, 6.45) is -14.2. The summed E-state index contributed by atoms with van der Waals surface area (Å²) in [6, 6.07) is 8.63. The van der Waals surface area contributed by atoms with E-state index in [1.165, 1.54) is 27.0 Å². The Morgan fingerprint density at radius 3 is 1.81 bits per heavy atom. The van der Waals surface area contributed by atoms with Crippen molar-refractivity contribution in [1.82, 2.24) is 0 Å². The van der Waals surface area contributed by atoms with Gasteiger partial charge in [-0.25, -0.2) is 0 Å². The van der Waals surface area contributed by atoms with Crippen molar-refractivity contribution in [2.45, 2.75) is 75.3 Å². The van der Waals surface area contributed by atoms with Crippen LogP contribution in [0.4, 0.5) is 0 Å². The largest absolute Gasteiger partial charge is 0.507 e. The number of aliphatic hydroxyl groups is 6. The lowest BCUT2D eigenvalue weighted by molar-refractivity contribution is -0.268. The number of ether oxygens (including phenoxy) is 5. The van der Waals surface area contributed by atoms with E-state index in [0.29, 0.717) is 11.3 Å². The van der Waals surface area contributed by atoms with Crippen LogP contribution in [0.2, 0.25) is 0 Å². The van der Waals surface area contributed by atoms with Gasteiger partial charge in [0.15, 0.2) is 5.76 Å². The molecule has 228 valence electrons. The molecule has 2 fully saturated rings. The highest BCUT2D eigenvalue weighted by Crippen LogP contribution is 2.38. The molecule has 3 heterocycles. The van der Waals surface area contributed by atoms with Crippen LogP contribution in [-0.2, 0) is 9.47 Å². The molecule has 0 spiro atoms. The van der Waals surface area contributed by atoms with Crippen LogP contribution in [0.15, 0.2) is 45.6 Å². The lowest BCUT2D eigenvalue weighted by Gasteiger charge is -2.39. The second-order valence-electron chi connectivity index (χ2n) is 10.2. The van der Waals surface area contributed by atoms with E-state index < -0.39 is 78.3 Å². The number of rotatable bonds is 6. The second kappa shape index (κ2) is 11.7. The third-order valence-electron chi connectivity index (χ3n) is 7.36. The van der Waals surface area contributed by atoms with Gasteiger partial charge in [0.25, 0.3) is 0 Å². The van der Waals surface area contributed by atoms with E-state index in [-0.39, 0.29) is 22.5 Å². The van der Waals surface area contributed by atoms with E-state index in [1.54, 1.807) is 24.3 Å². The maximum atomic E-state index is 13.8. The average Bonchev–Trinajstić information content (AvgIpc) is 2.97. The van der Waals surface area contributed by atoms with Gasteiger partial charge in [-0.3, -0.25) is 4.79 Å². The minimum Gasteiger partial charge on any atom is -0.507 e. The number of hydrogen-bond donors (Lipinski definition) is 7. The van der Waals surface area contributed by atoms with Crippen LogP contribution in [0, 0.1) is 0 Å². The Morgan fingerprint density at radius 2 is 1.26 bits per heavy atom. The zero-order valence-electron chi connectivity index (χ0n) is 22.7. The third-order valence-corrected chi connectivity index (χ3v) is 7.36. The minimum atomic E-state index is -1.74. The van der Waals surface area contributed by atoms with Gasteiger partial charge in [0.05, 0.1) is 19.3 Å². The predicted molar refractivity (Wildman–Crippen MR) is 142 cm³/mol. The highest BCUT2D eigenvalue weighted by Gasteiger charge is 2.45. The molecule has 3 aromatic rings. The van der Waals surface area contributed by atoms with E-state index in [9.17, 15) is 40.5 Å². The first-order valence-corrected chi connectivity index (χ1v) is 13.1. The molecule has 14 nitrogen and oxygen atoms in total. The van der Waals surface area contributed by atoms with Gasteiger partial charge < -0.3 is 63.8 Å². The van der Waals surface area contributed by atoms with Crippen molar-refractivity contribution in [3.63, 3.8) is 0 Å². The Hall–Kier alpha value is -3.47. The van der Waals surface area contributed by atoms with E-state index in [1.807, 2.05) is 0 Å². The van der Waals surface area contributed by atoms with Crippen molar-refractivity contribution in [2.75, 3.05) is 7.11 Å². The Balaban J connectivity index is 1.59. The zero-order valence-corrected chi connectivity index (χ0v) is 22.7. The van der Waals surface area contributed by atoms with Crippen LogP contribution < -0.4 is 19.6 Å².